The smallest absolute Gasteiger partial charge is 0.164 e. The zero-order valence-electron chi connectivity index (χ0n) is 5.25. The topological polar surface area (TPSA) is 60.7 Å². The Morgan fingerprint density at radius 2 is 2.00 bits per heavy atom. The molecule has 1 aliphatic rings. The molecule has 9 heavy (non-hydrogen) atoms. The molecule has 0 aromatic rings. The van der Waals surface area contributed by atoms with Gasteiger partial charge in [0.05, 0.1) is 6.10 Å². The Morgan fingerprint density at radius 3 is 2.33 bits per heavy atom. The number of hydrogen-bond acceptors (Lipinski definition) is 3. The fourth-order valence-electron chi connectivity index (χ4n) is 1.20. The monoisotopic (exact) mass is 132 g/mol. The second-order valence-electron chi connectivity index (χ2n) is 2.73. The molecule has 0 spiro atoms. The predicted octanol–water partition coefficient (Wildman–Crippen LogP) is -0.398. The maximum absolute atomic E-state index is 8.94. The summed E-state index contributed by atoms with van der Waals surface area (Å²) >= 11 is 0. The average Bonchev–Trinajstić information content (AvgIpc) is 1.60. The van der Waals surface area contributed by atoms with Gasteiger partial charge in [-0.3, -0.25) is 0 Å². The summed E-state index contributed by atoms with van der Waals surface area (Å²) in [6.07, 6.45) is 1.38. The Labute approximate surface area is 53.9 Å². The van der Waals surface area contributed by atoms with Crippen molar-refractivity contribution in [2.24, 2.45) is 0 Å². The van der Waals surface area contributed by atoms with E-state index in [0.717, 1.165) is 0 Å². The van der Waals surface area contributed by atoms with Crippen molar-refractivity contribution >= 4 is 0 Å². The summed E-state index contributed by atoms with van der Waals surface area (Å²) in [5.41, 5.74) is 0. The molecular weight excluding hydrogens is 120 g/mol. The van der Waals surface area contributed by atoms with Crippen LogP contribution in [0.5, 0.6) is 0 Å². The number of aliphatic hydroxyl groups excluding tert-OH is 1. The van der Waals surface area contributed by atoms with Crippen LogP contribution in [0.3, 0.4) is 0 Å². The lowest BCUT2D eigenvalue weighted by Crippen LogP contribution is -2.36. The van der Waals surface area contributed by atoms with Gasteiger partial charge in [-0.25, -0.2) is 0 Å². The van der Waals surface area contributed by atoms with Gasteiger partial charge >= 0.3 is 0 Å². The molecule has 3 N–H and O–H groups in total. The highest BCUT2D eigenvalue weighted by Crippen LogP contribution is 2.25. The molecule has 0 heterocycles. The molecule has 0 amide bonds. The maximum atomic E-state index is 8.94. The molecular formula is C6H12O3. The molecule has 1 rings (SSSR count). The lowest BCUT2D eigenvalue weighted by molar-refractivity contribution is -0.198. The van der Waals surface area contributed by atoms with Crippen molar-refractivity contribution in [1.82, 2.24) is 0 Å². The van der Waals surface area contributed by atoms with E-state index in [-0.39, 0.29) is 6.42 Å². The largest absolute Gasteiger partial charge is 0.393 e. The van der Waals surface area contributed by atoms with E-state index in [0.29, 0.717) is 19.3 Å². The summed E-state index contributed by atoms with van der Waals surface area (Å²) in [4.78, 5) is 0. The van der Waals surface area contributed by atoms with Crippen LogP contribution in [0.2, 0.25) is 0 Å². The second-order valence-corrected chi connectivity index (χ2v) is 2.73. The van der Waals surface area contributed by atoms with Crippen LogP contribution in [0.25, 0.3) is 0 Å². The van der Waals surface area contributed by atoms with Crippen LogP contribution in [0.4, 0.5) is 0 Å². The van der Waals surface area contributed by atoms with Crippen LogP contribution in [0, 0.1) is 0 Å². The summed E-state index contributed by atoms with van der Waals surface area (Å²) in [6, 6.07) is 0. The standard InChI is InChI=1S/C6H12O3/c7-5-2-1-3-6(8,9)4-5/h5,7-9H,1-4H2. The van der Waals surface area contributed by atoms with Gasteiger partial charge in [0.1, 0.15) is 0 Å². The zero-order valence-corrected chi connectivity index (χ0v) is 5.25. The van der Waals surface area contributed by atoms with Crippen LogP contribution in [0.1, 0.15) is 25.7 Å². The third-order valence-corrected chi connectivity index (χ3v) is 1.68. The lowest BCUT2D eigenvalue weighted by atomic mass is 9.92. The van der Waals surface area contributed by atoms with Crippen LogP contribution in [-0.2, 0) is 0 Å². The SMILES string of the molecule is OC1CCCC(O)(O)C1. The minimum Gasteiger partial charge on any atom is -0.393 e. The predicted molar refractivity (Wildman–Crippen MR) is 31.6 cm³/mol. The third kappa shape index (κ3) is 1.93. The van der Waals surface area contributed by atoms with Gasteiger partial charge in [0, 0.05) is 12.8 Å². The average molecular weight is 132 g/mol. The van der Waals surface area contributed by atoms with Crippen LogP contribution in [0.15, 0.2) is 0 Å². The van der Waals surface area contributed by atoms with E-state index in [4.69, 9.17) is 15.3 Å². The van der Waals surface area contributed by atoms with Gasteiger partial charge in [0.15, 0.2) is 5.79 Å². The molecule has 0 saturated heterocycles. The van der Waals surface area contributed by atoms with E-state index >= 15 is 0 Å². The van der Waals surface area contributed by atoms with Gasteiger partial charge in [-0.1, -0.05) is 0 Å². The van der Waals surface area contributed by atoms with Crippen LogP contribution in [-0.4, -0.2) is 27.2 Å². The molecule has 3 nitrogen and oxygen atoms in total. The zero-order chi connectivity index (χ0) is 6.91. The first-order valence-corrected chi connectivity index (χ1v) is 3.23. The van der Waals surface area contributed by atoms with Crippen molar-refractivity contribution in [3.05, 3.63) is 0 Å². The Bertz CT molecular complexity index is 100. The van der Waals surface area contributed by atoms with Gasteiger partial charge < -0.3 is 15.3 Å². The van der Waals surface area contributed by atoms with Crippen molar-refractivity contribution in [3.8, 4) is 0 Å². The molecule has 1 atom stereocenters. The Balaban J connectivity index is 2.41. The van der Waals surface area contributed by atoms with Gasteiger partial charge in [0.25, 0.3) is 0 Å². The Hall–Kier alpha value is -0.120. The molecule has 1 aliphatic carbocycles. The van der Waals surface area contributed by atoms with Gasteiger partial charge in [-0.2, -0.15) is 0 Å². The molecule has 0 aromatic carbocycles. The van der Waals surface area contributed by atoms with Crippen LogP contribution >= 0.6 is 0 Å². The molecule has 1 fully saturated rings. The number of rotatable bonds is 0. The van der Waals surface area contributed by atoms with E-state index in [1.807, 2.05) is 0 Å². The maximum Gasteiger partial charge on any atom is 0.164 e. The van der Waals surface area contributed by atoms with E-state index < -0.39 is 11.9 Å². The molecule has 0 aromatic heterocycles. The van der Waals surface area contributed by atoms with Crippen molar-refractivity contribution in [2.75, 3.05) is 0 Å². The molecule has 0 radical (unpaired) electrons. The molecule has 3 heteroatoms. The van der Waals surface area contributed by atoms with Crippen molar-refractivity contribution in [3.63, 3.8) is 0 Å². The highest BCUT2D eigenvalue weighted by atomic mass is 16.5. The van der Waals surface area contributed by atoms with E-state index in [9.17, 15) is 0 Å². The fourth-order valence-corrected chi connectivity index (χ4v) is 1.20. The molecule has 0 aliphatic heterocycles. The summed E-state index contributed by atoms with van der Waals surface area (Å²) < 4.78 is 0. The summed E-state index contributed by atoms with van der Waals surface area (Å²) in [6.45, 7) is 0. The van der Waals surface area contributed by atoms with Crippen molar-refractivity contribution < 1.29 is 15.3 Å². The molecule has 0 bridgehead atoms. The van der Waals surface area contributed by atoms with Crippen molar-refractivity contribution in [1.29, 1.82) is 0 Å². The fraction of sp³-hybridized carbons (Fsp3) is 1.00. The quantitative estimate of drug-likeness (QED) is 0.393. The van der Waals surface area contributed by atoms with Gasteiger partial charge in [-0.05, 0) is 12.8 Å². The lowest BCUT2D eigenvalue weighted by Gasteiger charge is -2.29. The Morgan fingerprint density at radius 1 is 1.33 bits per heavy atom. The molecule has 1 unspecified atom stereocenters. The first-order chi connectivity index (χ1) is 4.10. The van der Waals surface area contributed by atoms with Gasteiger partial charge in [-0.15, -0.1) is 0 Å². The molecule has 54 valence electrons. The number of hydrogen-bond donors (Lipinski definition) is 3. The third-order valence-electron chi connectivity index (χ3n) is 1.68. The summed E-state index contributed by atoms with van der Waals surface area (Å²) in [7, 11) is 0. The first-order valence-electron chi connectivity index (χ1n) is 3.23. The highest BCUT2D eigenvalue weighted by Gasteiger charge is 2.30. The minimum atomic E-state index is -1.60. The highest BCUT2D eigenvalue weighted by molar-refractivity contribution is 4.76. The van der Waals surface area contributed by atoms with Crippen LogP contribution < -0.4 is 0 Å². The summed E-state index contributed by atoms with van der Waals surface area (Å²) in [5, 5.41) is 26.8. The first kappa shape index (κ1) is 6.99. The van der Waals surface area contributed by atoms with Gasteiger partial charge in [0.2, 0.25) is 0 Å². The second kappa shape index (κ2) is 2.25. The van der Waals surface area contributed by atoms with Crippen molar-refractivity contribution in [2.45, 2.75) is 37.6 Å². The molecule has 1 saturated carbocycles. The Kier molecular flexibility index (Phi) is 1.75. The minimum absolute atomic E-state index is 0.104. The van der Waals surface area contributed by atoms with E-state index in [1.165, 1.54) is 0 Å². The summed E-state index contributed by atoms with van der Waals surface area (Å²) in [5.74, 6) is -1.60. The number of aliphatic hydroxyl groups is 3. The van der Waals surface area contributed by atoms with E-state index in [2.05, 4.69) is 0 Å². The normalized spacial score (nSPS) is 34.3. The van der Waals surface area contributed by atoms with E-state index in [1.54, 1.807) is 0 Å².